The number of fused-ring (bicyclic) bond motifs is 1. The van der Waals surface area contributed by atoms with Crippen molar-refractivity contribution in [2.45, 2.75) is 71.3 Å². The number of allylic oxidation sites excluding steroid dienone is 1. The topological polar surface area (TPSA) is 78.4 Å². The first-order valence-corrected chi connectivity index (χ1v) is 13.6. The van der Waals surface area contributed by atoms with Crippen LogP contribution in [0.2, 0.25) is 0 Å². The van der Waals surface area contributed by atoms with Gasteiger partial charge in [-0.05, 0) is 42.9 Å². The quantitative estimate of drug-likeness (QED) is 0.287. The Labute approximate surface area is 224 Å². The maximum Gasteiger partial charge on any atom is 0.225 e. The molecular formula is C32H34N2O4. The smallest absolute Gasteiger partial charge is 0.225 e. The minimum absolute atomic E-state index is 0.0848. The fraction of sp³-hybridized carbons (Fsp3) is 0.375. The molecule has 0 radical (unpaired) electrons. The molecule has 1 aromatic heterocycles. The monoisotopic (exact) mass is 510 g/mol. The highest BCUT2D eigenvalue weighted by atomic mass is 16.5. The van der Waals surface area contributed by atoms with E-state index in [0.29, 0.717) is 48.7 Å². The number of benzene rings is 2. The van der Waals surface area contributed by atoms with Gasteiger partial charge in [0.15, 0.2) is 11.6 Å². The Morgan fingerprint density at radius 1 is 0.921 bits per heavy atom. The third-order valence-electron chi connectivity index (χ3n) is 7.46. The van der Waals surface area contributed by atoms with Crippen molar-refractivity contribution in [1.29, 1.82) is 0 Å². The van der Waals surface area contributed by atoms with E-state index < -0.39 is 0 Å². The minimum atomic E-state index is 0.0848. The molecule has 0 aliphatic heterocycles. The van der Waals surface area contributed by atoms with Gasteiger partial charge in [0.05, 0.1) is 18.4 Å². The van der Waals surface area contributed by atoms with Gasteiger partial charge in [0.2, 0.25) is 5.88 Å². The lowest BCUT2D eigenvalue weighted by molar-refractivity contribution is 0.0980. The van der Waals surface area contributed by atoms with E-state index in [9.17, 15) is 9.59 Å². The highest BCUT2D eigenvalue weighted by Gasteiger charge is 2.27. The number of Topliss-reactive ketones (excluding diaryl/α,β-unsaturated/α-hetero) is 2. The Morgan fingerprint density at radius 2 is 1.61 bits per heavy atom. The first-order chi connectivity index (χ1) is 18.5. The van der Waals surface area contributed by atoms with E-state index in [1.807, 2.05) is 50.2 Å². The molecule has 5 rings (SSSR count). The van der Waals surface area contributed by atoms with Gasteiger partial charge in [-0.1, -0.05) is 56.3 Å². The van der Waals surface area contributed by atoms with Crippen molar-refractivity contribution in [3.05, 3.63) is 87.9 Å². The predicted molar refractivity (Wildman–Crippen MR) is 147 cm³/mol. The van der Waals surface area contributed by atoms with E-state index in [4.69, 9.17) is 19.4 Å². The van der Waals surface area contributed by atoms with E-state index >= 15 is 0 Å². The molecule has 0 unspecified atom stereocenters. The molecule has 0 saturated heterocycles. The molecule has 0 spiro atoms. The predicted octanol–water partition coefficient (Wildman–Crippen LogP) is 6.57. The molecule has 0 N–H and O–H groups in total. The summed E-state index contributed by atoms with van der Waals surface area (Å²) in [6, 6.07) is 13.4. The Kier molecular flexibility index (Phi) is 7.68. The lowest BCUT2D eigenvalue weighted by atomic mass is 9.98. The van der Waals surface area contributed by atoms with Gasteiger partial charge in [-0.25, -0.2) is 4.98 Å². The number of methoxy groups -OCH3 is 1. The Bertz CT molecular complexity index is 1390. The second-order valence-electron chi connectivity index (χ2n) is 9.95. The molecule has 6 nitrogen and oxygen atoms in total. The fourth-order valence-electron chi connectivity index (χ4n) is 5.32. The highest BCUT2D eigenvalue weighted by Crippen LogP contribution is 2.39. The molecule has 2 aromatic carbocycles. The van der Waals surface area contributed by atoms with Crippen LogP contribution in [0.25, 0.3) is 5.57 Å². The maximum absolute atomic E-state index is 12.2. The molecule has 3 aromatic rings. The zero-order valence-electron chi connectivity index (χ0n) is 22.4. The van der Waals surface area contributed by atoms with Crippen molar-refractivity contribution >= 4 is 17.1 Å². The summed E-state index contributed by atoms with van der Waals surface area (Å²) >= 11 is 0. The van der Waals surface area contributed by atoms with Crippen molar-refractivity contribution in [2.75, 3.05) is 7.11 Å². The molecule has 6 heteroatoms. The third-order valence-corrected chi connectivity index (χ3v) is 7.46. The highest BCUT2D eigenvalue weighted by molar-refractivity contribution is 5.97. The average molecular weight is 511 g/mol. The summed E-state index contributed by atoms with van der Waals surface area (Å²) in [6.45, 7) is 3.73. The summed E-state index contributed by atoms with van der Waals surface area (Å²) in [6.07, 6.45) is 8.83. The van der Waals surface area contributed by atoms with Crippen LogP contribution in [-0.2, 0) is 12.8 Å². The number of carbonyl (C=O) groups excluding carboxylic acids is 2. The number of rotatable bonds is 10. The standard InChI is InChI=1S/C32H34N2O4/c1-4-27(35)21-12-10-20(11-13-21)25-16-17-26-31(25)32(38-24-8-6-7-9-24)34-30(33-26)19-23-15-14-22(28(36)5-2)18-29(23)37-3/h10-16,18,24H,4-9,17,19H2,1-3H3. The van der Waals surface area contributed by atoms with Gasteiger partial charge in [0.25, 0.3) is 0 Å². The second kappa shape index (κ2) is 11.3. The first-order valence-electron chi connectivity index (χ1n) is 13.6. The van der Waals surface area contributed by atoms with Crippen LogP contribution in [0, 0.1) is 0 Å². The normalized spacial score (nSPS) is 14.8. The summed E-state index contributed by atoms with van der Waals surface area (Å²) in [4.78, 5) is 34.2. The molecule has 38 heavy (non-hydrogen) atoms. The molecule has 0 bridgehead atoms. The number of hydrogen-bond donors (Lipinski definition) is 0. The van der Waals surface area contributed by atoms with Crippen LogP contribution in [0.15, 0.2) is 48.5 Å². The molecule has 2 aliphatic carbocycles. The van der Waals surface area contributed by atoms with Crippen molar-refractivity contribution in [2.24, 2.45) is 0 Å². The lowest BCUT2D eigenvalue weighted by Gasteiger charge is -2.18. The number of ether oxygens (including phenoxy) is 2. The molecule has 196 valence electrons. The van der Waals surface area contributed by atoms with E-state index in [1.165, 1.54) is 12.8 Å². The molecule has 0 amide bonds. The largest absolute Gasteiger partial charge is 0.496 e. The zero-order valence-corrected chi connectivity index (χ0v) is 22.4. The number of ketones is 2. The summed E-state index contributed by atoms with van der Waals surface area (Å²) in [5.74, 6) is 2.18. The molecular weight excluding hydrogens is 476 g/mol. The van der Waals surface area contributed by atoms with Crippen LogP contribution < -0.4 is 9.47 Å². The molecule has 1 fully saturated rings. The van der Waals surface area contributed by atoms with E-state index in [2.05, 4.69) is 6.08 Å². The second-order valence-corrected chi connectivity index (χ2v) is 9.95. The van der Waals surface area contributed by atoms with Crippen LogP contribution in [0.5, 0.6) is 11.6 Å². The average Bonchev–Trinajstić information content (AvgIpc) is 3.62. The van der Waals surface area contributed by atoms with Crippen molar-refractivity contribution in [1.82, 2.24) is 9.97 Å². The van der Waals surface area contributed by atoms with E-state index in [-0.39, 0.29) is 17.7 Å². The number of aromatic nitrogens is 2. The van der Waals surface area contributed by atoms with Gasteiger partial charge in [-0.15, -0.1) is 0 Å². The summed E-state index contributed by atoms with van der Waals surface area (Å²) < 4.78 is 12.1. The SMILES string of the molecule is CCC(=O)c1ccc(C2=CCc3nc(Cc4ccc(C(=O)CC)cc4OC)nc(OC4CCCC4)c32)cc1. The molecule has 1 heterocycles. The van der Waals surface area contributed by atoms with Gasteiger partial charge in [-0.3, -0.25) is 9.59 Å². The van der Waals surface area contributed by atoms with Crippen LogP contribution in [0.3, 0.4) is 0 Å². The number of carbonyl (C=O) groups is 2. The van der Waals surface area contributed by atoms with Crippen LogP contribution in [0.4, 0.5) is 0 Å². The van der Waals surface area contributed by atoms with Crippen molar-refractivity contribution in [3.8, 4) is 11.6 Å². The number of hydrogen-bond acceptors (Lipinski definition) is 6. The van der Waals surface area contributed by atoms with Crippen molar-refractivity contribution < 1.29 is 19.1 Å². The first kappa shape index (κ1) is 25.8. The van der Waals surface area contributed by atoms with Crippen molar-refractivity contribution in [3.63, 3.8) is 0 Å². The Balaban J connectivity index is 1.49. The maximum atomic E-state index is 12.2. The minimum Gasteiger partial charge on any atom is -0.496 e. The Morgan fingerprint density at radius 3 is 2.29 bits per heavy atom. The lowest BCUT2D eigenvalue weighted by Crippen LogP contribution is -2.15. The zero-order chi connectivity index (χ0) is 26.6. The van der Waals surface area contributed by atoms with E-state index in [0.717, 1.165) is 46.4 Å². The van der Waals surface area contributed by atoms with E-state index in [1.54, 1.807) is 13.2 Å². The van der Waals surface area contributed by atoms with Gasteiger partial charge < -0.3 is 9.47 Å². The van der Waals surface area contributed by atoms with Crippen LogP contribution >= 0.6 is 0 Å². The summed E-state index contributed by atoms with van der Waals surface area (Å²) in [5, 5.41) is 0. The Hall–Kier alpha value is -3.80. The van der Waals surface area contributed by atoms with Gasteiger partial charge in [-0.2, -0.15) is 4.98 Å². The third kappa shape index (κ3) is 5.26. The fourth-order valence-corrected chi connectivity index (χ4v) is 5.32. The van der Waals surface area contributed by atoms with Crippen LogP contribution in [-0.4, -0.2) is 34.7 Å². The molecule has 1 saturated carbocycles. The summed E-state index contributed by atoms with van der Waals surface area (Å²) in [7, 11) is 1.62. The van der Waals surface area contributed by atoms with Gasteiger partial charge in [0, 0.05) is 42.4 Å². The van der Waals surface area contributed by atoms with Crippen LogP contribution in [0.1, 0.15) is 101 Å². The molecule has 2 aliphatic rings. The van der Waals surface area contributed by atoms with Gasteiger partial charge in [0.1, 0.15) is 17.7 Å². The molecule has 0 atom stereocenters. The van der Waals surface area contributed by atoms with Gasteiger partial charge >= 0.3 is 0 Å². The number of nitrogens with zero attached hydrogens (tertiary/aromatic N) is 2. The summed E-state index contributed by atoms with van der Waals surface area (Å²) in [5.41, 5.74) is 6.28.